The predicted molar refractivity (Wildman–Crippen MR) is 76.0 cm³/mol. The fourth-order valence-corrected chi connectivity index (χ4v) is 2.22. The Kier molecular flexibility index (Phi) is 11.3. The maximum Gasteiger partial charge on any atom is 0.233 e. The summed E-state index contributed by atoms with van der Waals surface area (Å²) in [7, 11) is 0. The molecule has 1 rings (SSSR count). The Labute approximate surface area is 117 Å². The van der Waals surface area contributed by atoms with Crippen LogP contribution < -0.4 is 11.1 Å². The first-order chi connectivity index (χ1) is 7.11. The molecule has 1 amide bonds. The standard InChI is InChI=1S/C11H23N3O.2ClH/c1-9-4-3-5-14(7-9)8-10(2)13-11(15)6-12;;/h9-10H,3-8,12H2,1-2H3,(H,13,15);2*1H. The monoisotopic (exact) mass is 285 g/mol. The lowest BCUT2D eigenvalue weighted by molar-refractivity contribution is -0.120. The number of carbonyl (C=O) groups excluding carboxylic acids is 1. The number of nitrogens with two attached hydrogens (primary N) is 1. The van der Waals surface area contributed by atoms with Crippen molar-refractivity contribution in [2.24, 2.45) is 11.7 Å². The summed E-state index contributed by atoms with van der Waals surface area (Å²) in [6.07, 6.45) is 2.61. The summed E-state index contributed by atoms with van der Waals surface area (Å²) < 4.78 is 0. The van der Waals surface area contributed by atoms with Crippen LogP contribution in [-0.4, -0.2) is 43.0 Å². The van der Waals surface area contributed by atoms with Gasteiger partial charge in [-0.1, -0.05) is 6.92 Å². The van der Waals surface area contributed by atoms with Crippen molar-refractivity contribution in [2.45, 2.75) is 32.7 Å². The molecule has 6 heteroatoms. The normalized spacial score (nSPS) is 21.9. The van der Waals surface area contributed by atoms with E-state index in [-0.39, 0.29) is 43.3 Å². The van der Waals surface area contributed by atoms with E-state index in [1.165, 1.54) is 12.8 Å². The van der Waals surface area contributed by atoms with Gasteiger partial charge in [0, 0.05) is 19.1 Å². The molecular formula is C11H25Cl2N3O. The van der Waals surface area contributed by atoms with Crippen LogP contribution in [0.4, 0.5) is 0 Å². The minimum absolute atomic E-state index is 0. The molecule has 0 saturated carbocycles. The molecule has 0 bridgehead atoms. The summed E-state index contributed by atoms with van der Waals surface area (Å²) >= 11 is 0. The zero-order valence-corrected chi connectivity index (χ0v) is 12.3. The van der Waals surface area contributed by atoms with E-state index in [4.69, 9.17) is 5.73 Å². The van der Waals surface area contributed by atoms with Crippen molar-refractivity contribution in [3.05, 3.63) is 0 Å². The summed E-state index contributed by atoms with van der Waals surface area (Å²) in [5.41, 5.74) is 5.25. The summed E-state index contributed by atoms with van der Waals surface area (Å²) in [6, 6.07) is 0.200. The van der Waals surface area contributed by atoms with Crippen molar-refractivity contribution in [3.63, 3.8) is 0 Å². The molecule has 3 N–H and O–H groups in total. The largest absolute Gasteiger partial charge is 0.351 e. The van der Waals surface area contributed by atoms with Gasteiger partial charge in [-0.3, -0.25) is 4.79 Å². The van der Waals surface area contributed by atoms with E-state index < -0.39 is 0 Å². The Morgan fingerprint density at radius 3 is 2.71 bits per heavy atom. The summed E-state index contributed by atoms with van der Waals surface area (Å²) in [4.78, 5) is 13.5. The van der Waals surface area contributed by atoms with Crippen molar-refractivity contribution >= 4 is 30.7 Å². The van der Waals surface area contributed by atoms with Crippen LogP contribution >= 0.6 is 24.8 Å². The Balaban J connectivity index is 0. The van der Waals surface area contributed by atoms with E-state index in [1.54, 1.807) is 0 Å². The van der Waals surface area contributed by atoms with E-state index in [9.17, 15) is 4.79 Å². The highest BCUT2D eigenvalue weighted by atomic mass is 35.5. The number of carbonyl (C=O) groups is 1. The number of halogens is 2. The third-order valence-electron chi connectivity index (χ3n) is 2.87. The van der Waals surface area contributed by atoms with Gasteiger partial charge < -0.3 is 16.0 Å². The van der Waals surface area contributed by atoms with Gasteiger partial charge in [-0.25, -0.2) is 0 Å². The van der Waals surface area contributed by atoms with Gasteiger partial charge in [-0.05, 0) is 32.2 Å². The molecule has 1 aliphatic heterocycles. The average Bonchev–Trinajstić information content (AvgIpc) is 2.17. The minimum Gasteiger partial charge on any atom is -0.351 e. The van der Waals surface area contributed by atoms with Crippen LogP contribution in [0.25, 0.3) is 0 Å². The average molecular weight is 286 g/mol. The van der Waals surface area contributed by atoms with E-state index in [2.05, 4.69) is 17.1 Å². The number of rotatable bonds is 4. The van der Waals surface area contributed by atoms with Crippen molar-refractivity contribution in [3.8, 4) is 0 Å². The van der Waals surface area contributed by atoms with Crippen molar-refractivity contribution in [1.29, 1.82) is 0 Å². The Morgan fingerprint density at radius 2 is 2.18 bits per heavy atom. The Bertz CT molecular complexity index is 217. The van der Waals surface area contributed by atoms with Crippen LogP contribution in [0, 0.1) is 5.92 Å². The fourth-order valence-electron chi connectivity index (χ4n) is 2.22. The van der Waals surface area contributed by atoms with Gasteiger partial charge in [0.15, 0.2) is 0 Å². The highest BCUT2D eigenvalue weighted by molar-refractivity contribution is 5.85. The second kappa shape index (κ2) is 9.95. The number of amides is 1. The third-order valence-corrected chi connectivity index (χ3v) is 2.87. The van der Waals surface area contributed by atoms with Gasteiger partial charge in [0.25, 0.3) is 0 Å². The fraction of sp³-hybridized carbons (Fsp3) is 0.909. The molecule has 0 aromatic heterocycles. The van der Waals surface area contributed by atoms with Gasteiger partial charge in [0.1, 0.15) is 0 Å². The minimum atomic E-state index is -0.0624. The summed E-state index contributed by atoms with van der Waals surface area (Å²) in [6.45, 7) is 7.66. The zero-order valence-electron chi connectivity index (χ0n) is 10.6. The summed E-state index contributed by atoms with van der Waals surface area (Å²) in [5.74, 6) is 0.726. The molecular weight excluding hydrogens is 261 g/mol. The van der Waals surface area contributed by atoms with Gasteiger partial charge >= 0.3 is 0 Å². The number of nitrogens with zero attached hydrogens (tertiary/aromatic N) is 1. The second-order valence-electron chi connectivity index (χ2n) is 4.68. The van der Waals surface area contributed by atoms with Crippen LogP contribution in [0.15, 0.2) is 0 Å². The molecule has 1 fully saturated rings. The van der Waals surface area contributed by atoms with Crippen LogP contribution in [0.3, 0.4) is 0 Å². The molecule has 0 spiro atoms. The Hall–Kier alpha value is -0.0300. The summed E-state index contributed by atoms with van der Waals surface area (Å²) in [5, 5.41) is 2.89. The van der Waals surface area contributed by atoms with Gasteiger partial charge in [0.2, 0.25) is 5.91 Å². The van der Waals surface area contributed by atoms with Crippen LogP contribution in [-0.2, 0) is 4.79 Å². The van der Waals surface area contributed by atoms with Crippen LogP contribution in [0.5, 0.6) is 0 Å². The molecule has 17 heavy (non-hydrogen) atoms. The van der Waals surface area contributed by atoms with Gasteiger partial charge in [0.05, 0.1) is 6.54 Å². The van der Waals surface area contributed by atoms with Crippen molar-refractivity contribution in [1.82, 2.24) is 10.2 Å². The van der Waals surface area contributed by atoms with E-state index in [0.717, 1.165) is 25.6 Å². The highest BCUT2D eigenvalue weighted by Crippen LogP contribution is 2.15. The van der Waals surface area contributed by atoms with Gasteiger partial charge in [-0.2, -0.15) is 0 Å². The van der Waals surface area contributed by atoms with Crippen molar-refractivity contribution in [2.75, 3.05) is 26.2 Å². The lowest BCUT2D eigenvalue weighted by atomic mass is 10.00. The molecule has 0 aliphatic carbocycles. The van der Waals surface area contributed by atoms with E-state index in [1.807, 2.05) is 6.92 Å². The Morgan fingerprint density at radius 1 is 1.53 bits per heavy atom. The quantitative estimate of drug-likeness (QED) is 0.811. The number of nitrogens with one attached hydrogen (secondary N) is 1. The highest BCUT2D eigenvalue weighted by Gasteiger charge is 2.18. The molecule has 2 unspecified atom stereocenters. The number of piperidine rings is 1. The second-order valence-corrected chi connectivity index (χ2v) is 4.68. The van der Waals surface area contributed by atoms with E-state index >= 15 is 0 Å². The van der Waals surface area contributed by atoms with E-state index in [0.29, 0.717) is 0 Å². The van der Waals surface area contributed by atoms with Crippen LogP contribution in [0.1, 0.15) is 26.7 Å². The first-order valence-electron chi connectivity index (χ1n) is 5.83. The number of likely N-dealkylation sites (tertiary alicyclic amines) is 1. The zero-order chi connectivity index (χ0) is 11.3. The predicted octanol–water partition coefficient (Wildman–Crippen LogP) is 1.03. The number of hydrogen-bond donors (Lipinski definition) is 2. The lowest BCUT2D eigenvalue weighted by Crippen LogP contribution is -2.46. The lowest BCUT2D eigenvalue weighted by Gasteiger charge is -2.32. The molecule has 0 aromatic rings. The first kappa shape index (κ1) is 19.3. The molecule has 0 aromatic carbocycles. The van der Waals surface area contributed by atoms with Gasteiger partial charge in [-0.15, -0.1) is 24.8 Å². The van der Waals surface area contributed by atoms with Crippen molar-refractivity contribution < 1.29 is 4.79 Å². The maximum atomic E-state index is 11.1. The number of hydrogen-bond acceptors (Lipinski definition) is 3. The molecule has 1 saturated heterocycles. The third kappa shape index (κ3) is 7.82. The molecule has 1 aliphatic rings. The first-order valence-corrected chi connectivity index (χ1v) is 5.83. The smallest absolute Gasteiger partial charge is 0.233 e. The SMILES string of the molecule is CC1CCCN(CC(C)NC(=O)CN)C1.Cl.Cl. The topological polar surface area (TPSA) is 58.4 Å². The molecule has 2 atom stereocenters. The molecule has 104 valence electrons. The van der Waals surface area contributed by atoms with Crippen LogP contribution in [0.2, 0.25) is 0 Å². The maximum absolute atomic E-state index is 11.1. The molecule has 1 heterocycles. The molecule has 4 nitrogen and oxygen atoms in total. The molecule has 0 radical (unpaired) electrons.